The second kappa shape index (κ2) is 3.01. The van der Waals surface area contributed by atoms with Crippen LogP contribution in [0.25, 0.3) is 0 Å². The molecule has 0 amide bonds. The van der Waals surface area contributed by atoms with Crippen LogP contribution in [0, 0.1) is 0 Å². The number of hydrogen-bond donors (Lipinski definition) is 0. The minimum atomic E-state index is -0.107. The average Bonchev–Trinajstić information content (AvgIpc) is 2.12. The van der Waals surface area contributed by atoms with Crippen LogP contribution in [0.2, 0.25) is 0 Å². The van der Waals surface area contributed by atoms with E-state index in [1.807, 2.05) is 18.3 Å². The summed E-state index contributed by atoms with van der Waals surface area (Å²) in [6, 6.07) is 0.571. The fourth-order valence-electron chi connectivity index (χ4n) is 2.02. The molecule has 1 unspecified atom stereocenters. The SMILES string of the molecule is CN1N=CC[C@H]2C1CC=C(F)N2C. The first-order chi connectivity index (χ1) is 6.20. The molecule has 2 aliphatic rings. The van der Waals surface area contributed by atoms with Crippen molar-refractivity contribution in [3.63, 3.8) is 0 Å². The van der Waals surface area contributed by atoms with E-state index in [1.54, 1.807) is 18.0 Å². The van der Waals surface area contributed by atoms with Crippen molar-refractivity contribution in [2.24, 2.45) is 5.10 Å². The van der Waals surface area contributed by atoms with Crippen molar-refractivity contribution >= 4 is 6.21 Å². The molecule has 0 aromatic rings. The molecule has 0 aromatic carbocycles. The van der Waals surface area contributed by atoms with E-state index in [2.05, 4.69) is 5.10 Å². The number of rotatable bonds is 0. The molecule has 0 radical (unpaired) electrons. The Morgan fingerprint density at radius 2 is 2.15 bits per heavy atom. The fraction of sp³-hybridized carbons (Fsp3) is 0.667. The lowest BCUT2D eigenvalue weighted by Crippen LogP contribution is -2.51. The van der Waals surface area contributed by atoms with Crippen LogP contribution in [0.3, 0.4) is 0 Å². The van der Waals surface area contributed by atoms with Crippen LogP contribution >= 0.6 is 0 Å². The van der Waals surface area contributed by atoms with E-state index in [4.69, 9.17) is 0 Å². The summed E-state index contributed by atoms with van der Waals surface area (Å²) in [7, 11) is 3.74. The van der Waals surface area contributed by atoms with Gasteiger partial charge in [-0.25, -0.2) is 0 Å². The van der Waals surface area contributed by atoms with Crippen LogP contribution in [-0.2, 0) is 0 Å². The molecule has 0 saturated carbocycles. The normalized spacial score (nSPS) is 33.0. The van der Waals surface area contributed by atoms with Gasteiger partial charge in [0.2, 0.25) is 0 Å². The van der Waals surface area contributed by atoms with Gasteiger partial charge < -0.3 is 4.90 Å². The molecule has 3 nitrogen and oxygen atoms in total. The molecular weight excluding hydrogens is 169 g/mol. The Morgan fingerprint density at radius 1 is 1.38 bits per heavy atom. The van der Waals surface area contributed by atoms with Crippen LogP contribution in [0.1, 0.15) is 12.8 Å². The number of likely N-dealkylation sites (N-methyl/N-ethyl adjacent to an activating group) is 2. The first kappa shape index (κ1) is 8.53. The van der Waals surface area contributed by atoms with Gasteiger partial charge in [-0.2, -0.15) is 9.49 Å². The Balaban J connectivity index is 2.23. The summed E-state index contributed by atoms with van der Waals surface area (Å²) in [4.78, 5) is 1.70. The first-order valence-corrected chi connectivity index (χ1v) is 4.54. The Hall–Kier alpha value is -1.06. The van der Waals surface area contributed by atoms with E-state index in [-0.39, 0.29) is 12.0 Å². The summed E-state index contributed by atoms with van der Waals surface area (Å²) < 4.78 is 13.2. The van der Waals surface area contributed by atoms with Gasteiger partial charge in [-0.15, -0.1) is 0 Å². The Kier molecular flexibility index (Phi) is 1.98. The monoisotopic (exact) mass is 183 g/mol. The maximum absolute atomic E-state index is 13.2. The largest absolute Gasteiger partial charge is 0.346 e. The summed E-state index contributed by atoms with van der Waals surface area (Å²) in [5.41, 5.74) is 0. The van der Waals surface area contributed by atoms with Crippen LogP contribution < -0.4 is 0 Å². The van der Waals surface area contributed by atoms with E-state index < -0.39 is 0 Å². The molecule has 0 N–H and O–H groups in total. The number of fused-ring (bicyclic) bond motifs is 1. The molecule has 13 heavy (non-hydrogen) atoms. The summed E-state index contributed by atoms with van der Waals surface area (Å²) in [6.07, 6.45) is 5.09. The van der Waals surface area contributed by atoms with Gasteiger partial charge in [0.25, 0.3) is 0 Å². The highest BCUT2D eigenvalue weighted by molar-refractivity contribution is 5.59. The molecule has 0 aromatic heterocycles. The molecule has 0 fully saturated rings. The predicted molar refractivity (Wildman–Crippen MR) is 50.0 cm³/mol. The second-order valence-electron chi connectivity index (χ2n) is 3.62. The van der Waals surface area contributed by atoms with E-state index in [9.17, 15) is 4.39 Å². The lowest BCUT2D eigenvalue weighted by molar-refractivity contribution is 0.0978. The molecule has 2 rings (SSSR count). The topological polar surface area (TPSA) is 18.8 Å². The van der Waals surface area contributed by atoms with Gasteiger partial charge in [0.05, 0.1) is 12.1 Å². The van der Waals surface area contributed by atoms with Gasteiger partial charge >= 0.3 is 0 Å². The Labute approximate surface area is 77.5 Å². The highest BCUT2D eigenvalue weighted by Gasteiger charge is 2.33. The molecule has 4 heteroatoms. The summed E-state index contributed by atoms with van der Waals surface area (Å²) in [5.74, 6) is -0.107. The molecule has 0 aliphatic carbocycles. The molecule has 2 aliphatic heterocycles. The highest BCUT2D eigenvalue weighted by Crippen LogP contribution is 2.27. The molecule has 2 atom stereocenters. The zero-order chi connectivity index (χ0) is 9.42. The number of nitrogens with zero attached hydrogens (tertiary/aromatic N) is 3. The van der Waals surface area contributed by atoms with Gasteiger partial charge in [0.1, 0.15) is 0 Å². The van der Waals surface area contributed by atoms with Crippen molar-refractivity contribution in [2.75, 3.05) is 14.1 Å². The van der Waals surface area contributed by atoms with Crippen molar-refractivity contribution < 1.29 is 4.39 Å². The van der Waals surface area contributed by atoms with Crippen LogP contribution in [0.15, 0.2) is 17.1 Å². The summed E-state index contributed by atoms with van der Waals surface area (Å²) >= 11 is 0. The third-order valence-electron chi connectivity index (χ3n) is 2.90. The molecular formula is C9H14FN3. The fourth-order valence-corrected chi connectivity index (χ4v) is 2.02. The smallest absolute Gasteiger partial charge is 0.185 e. The van der Waals surface area contributed by atoms with Crippen molar-refractivity contribution in [3.05, 3.63) is 12.0 Å². The maximum atomic E-state index is 13.2. The molecule has 2 heterocycles. The Morgan fingerprint density at radius 3 is 2.92 bits per heavy atom. The Bertz CT molecular complexity index is 262. The quantitative estimate of drug-likeness (QED) is 0.525. The molecule has 0 spiro atoms. The summed E-state index contributed by atoms with van der Waals surface area (Å²) in [6.45, 7) is 0. The van der Waals surface area contributed by atoms with E-state index in [0.29, 0.717) is 6.04 Å². The maximum Gasteiger partial charge on any atom is 0.185 e. The lowest BCUT2D eigenvalue weighted by atomic mass is 9.96. The summed E-state index contributed by atoms with van der Waals surface area (Å²) in [5, 5.41) is 6.13. The average molecular weight is 183 g/mol. The first-order valence-electron chi connectivity index (χ1n) is 4.54. The van der Waals surface area contributed by atoms with Crippen molar-refractivity contribution in [3.8, 4) is 0 Å². The molecule has 0 saturated heterocycles. The zero-order valence-corrected chi connectivity index (χ0v) is 7.94. The zero-order valence-electron chi connectivity index (χ0n) is 7.94. The second-order valence-corrected chi connectivity index (χ2v) is 3.62. The van der Waals surface area contributed by atoms with Gasteiger partial charge in [-0.3, -0.25) is 5.01 Å². The van der Waals surface area contributed by atoms with E-state index >= 15 is 0 Å². The number of halogens is 1. The number of hydrazone groups is 1. The molecule has 72 valence electrons. The van der Waals surface area contributed by atoms with Crippen LogP contribution in [0.4, 0.5) is 4.39 Å². The van der Waals surface area contributed by atoms with Gasteiger partial charge in [-0.1, -0.05) is 0 Å². The third-order valence-corrected chi connectivity index (χ3v) is 2.90. The third kappa shape index (κ3) is 1.30. The van der Waals surface area contributed by atoms with Gasteiger partial charge in [0.15, 0.2) is 5.95 Å². The minimum absolute atomic E-state index is 0.107. The van der Waals surface area contributed by atoms with Crippen LogP contribution in [0.5, 0.6) is 0 Å². The van der Waals surface area contributed by atoms with Crippen molar-refractivity contribution in [2.45, 2.75) is 24.9 Å². The standard InChI is InChI=1S/C9H14FN3/c1-12-7-5-6-11-13(2)8(7)3-4-9(12)10/h4,6-8H,3,5H2,1-2H3/t7-,8?/m0/s1. The van der Waals surface area contributed by atoms with Crippen LogP contribution in [-0.4, -0.2) is 42.3 Å². The van der Waals surface area contributed by atoms with Gasteiger partial charge in [-0.05, 0) is 12.5 Å². The highest BCUT2D eigenvalue weighted by atomic mass is 19.1. The number of hydrogen-bond acceptors (Lipinski definition) is 3. The van der Waals surface area contributed by atoms with Crippen molar-refractivity contribution in [1.82, 2.24) is 9.91 Å². The van der Waals surface area contributed by atoms with Gasteiger partial charge in [0, 0.05) is 26.7 Å². The lowest BCUT2D eigenvalue weighted by Gasteiger charge is -2.42. The minimum Gasteiger partial charge on any atom is -0.346 e. The van der Waals surface area contributed by atoms with E-state index in [0.717, 1.165) is 12.8 Å². The predicted octanol–water partition coefficient (Wildman–Crippen LogP) is 1.19. The van der Waals surface area contributed by atoms with Crippen molar-refractivity contribution in [1.29, 1.82) is 0 Å². The van der Waals surface area contributed by atoms with E-state index in [1.165, 1.54) is 0 Å². The molecule has 0 bridgehead atoms.